The van der Waals surface area contributed by atoms with Crippen LogP contribution in [0, 0.1) is 12.3 Å². The number of anilines is 1. The van der Waals surface area contributed by atoms with E-state index >= 15 is 0 Å². The van der Waals surface area contributed by atoms with Crippen LogP contribution in [-0.4, -0.2) is 11.5 Å². The first-order valence-electron chi connectivity index (χ1n) is 6.29. The highest BCUT2D eigenvalue weighted by molar-refractivity contribution is 5.81. The predicted octanol–water partition coefficient (Wildman–Crippen LogP) is 3.63. The molecule has 1 fully saturated rings. The third-order valence-corrected chi connectivity index (χ3v) is 3.32. The maximum atomic E-state index is 4.65. The average Bonchev–Trinajstić information content (AvgIpc) is 3.19. The highest BCUT2D eigenvalue weighted by Crippen LogP contribution is 2.29. The van der Waals surface area contributed by atoms with Crippen molar-refractivity contribution in [2.24, 2.45) is 5.92 Å². The number of aromatic nitrogens is 1. The van der Waals surface area contributed by atoms with Gasteiger partial charge in [0.1, 0.15) is 5.82 Å². The monoisotopic (exact) mass is 225 g/mol. The SMILES string of the molecule is C[CH]c1ccc2ccc(NCC3CC3)nc2c1. The van der Waals surface area contributed by atoms with Gasteiger partial charge in [-0.3, -0.25) is 0 Å². The molecule has 1 aliphatic rings. The van der Waals surface area contributed by atoms with E-state index in [0.717, 1.165) is 23.8 Å². The zero-order valence-electron chi connectivity index (χ0n) is 10.1. The number of hydrogen-bond donors (Lipinski definition) is 1. The topological polar surface area (TPSA) is 24.9 Å². The molecule has 0 bridgehead atoms. The predicted molar refractivity (Wildman–Crippen MR) is 72.0 cm³/mol. The number of benzene rings is 1. The Balaban J connectivity index is 1.86. The van der Waals surface area contributed by atoms with Gasteiger partial charge < -0.3 is 5.32 Å². The Morgan fingerprint density at radius 3 is 2.88 bits per heavy atom. The molecule has 1 heterocycles. The summed E-state index contributed by atoms with van der Waals surface area (Å²) in [5, 5.41) is 4.62. The zero-order valence-corrected chi connectivity index (χ0v) is 10.1. The summed E-state index contributed by atoms with van der Waals surface area (Å²) >= 11 is 0. The standard InChI is InChI=1S/C15H17N2/c1-2-11-5-6-13-7-8-15(17-14(13)9-11)16-10-12-3-4-12/h2,5-9,12H,3-4,10H2,1H3,(H,16,17). The lowest BCUT2D eigenvalue weighted by Crippen LogP contribution is -2.04. The molecule has 0 unspecified atom stereocenters. The van der Waals surface area contributed by atoms with Crippen LogP contribution in [0.3, 0.4) is 0 Å². The number of nitrogens with one attached hydrogen (secondary N) is 1. The van der Waals surface area contributed by atoms with Crippen LogP contribution in [0.25, 0.3) is 10.9 Å². The number of rotatable bonds is 4. The van der Waals surface area contributed by atoms with Gasteiger partial charge >= 0.3 is 0 Å². The lowest BCUT2D eigenvalue weighted by molar-refractivity contribution is 0.884. The highest BCUT2D eigenvalue weighted by Gasteiger charge is 2.20. The lowest BCUT2D eigenvalue weighted by atomic mass is 10.1. The van der Waals surface area contributed by atoms with Crippen LogP contribution in [0.1, 0.15) is 25.3 Å². The van der Waals surface area contributed by atoms with E-state index in [4.69, 9.17) is 0 Å². The Hall–Kier alpha value is -1.57. The van der Waals surface area contributed by atoms with E-state index in [1.807, 2.05) is 0 Å². The molecule has 0 saturated heterocycles. The Kier molecular flexibility index (Phi) is 2.71. The van der Waals surface area contributed by atoms with E-state index in [2.05, 4.69) is 54.0 Å². The van der Waals surface area contributed by atoms with Crippen LogP contribution < -0.4 is 5.32 Å². The normalized spacial score (nSPS) is 15.1. The first kappa shape index (κ1) is 10.6. The van der Waals surface area contributed by atoms with Crippen molar-refractivity contribution < 1.29 is 0 Å². The third kappa shape index (κ3) is 2.41. The summed E-state index contributed by atoms with van der Waals surface area (Å²) in [6.45, 7) is 3.12. The van der Waals surface area contributed by atoms with Crippen molar-refractivity contribution in [3.63, 3.8) is 0 Å². The summed E-state index contributed by atoms with van der Waals surface area (Å²) < 4.78 is 0. The van der Waals surface area contributed by atoms with E-state index in [1.165, 1.54) is 23.8 Å². The van der Waals surface area contributed by atoms with Crippen molar-refractivity contribution in [1.82, 2.24) is 4.98 Å². The molecule has 0 amide bonds. The quantitative estimate of drug-likeness (QED) is 0.859. The van der Waals surface area contributed by atoms with Crippen molar-refractivity contribution in [2.45, 2.75) is 19.8 Å². The number of fused-ring (bicyclic) bond motifs is 1. The third-order valence-electron chi connectivity index (χ3n) is 3.32. The smallest absolute Gasteiger partial charge is 0.126 e. The van der Waals surface area contributed by atoms with Crippen LogP contribution >= 0.6 is 0 Å². The van der Waals surface area contributed by atoms with Gasteiger partial charge in [0.05, 0.1) is 5.52 Å². The minimum Gasteiger partial charge on any atom is -0.370 e. The van der Waals surface area contributed by atoms with Gasteiger partial charge in [-0.2, -0.15) is 0 Å². The number of pyridine rings is 1. The van der Waals surface area contributed by atoms with E-state index in [0.29, 0.717) is 0 Å². The van der Waals surface area contributed by atoms with Crippen molar-refractivity contribution in [1.29, 1.82) is 0 Å². The van der Waals surface area contributed by atoms with Gasteiger partial charge in [0.15, 0.2) is 0 Å². The van der Waals surface area contributed by atoms with Gasteiger partial charge in [-0.1, -0.05) is 19.1 Å². The van der Waals surface area contributed by atoms with E-state index in [-0.39, 0.29) is 0 Å². The molecule has 1 aromatic carbocycles. The zero-order chi connectivity index (χ0) is 11.7. The maximum absolute atomic E-state index is 4.65. The molecule has 1 radical (unpaired) electrons. The second-order valence-electron chi connectivity index (χ2n) is 4.76. The fourth-order valence-electron chi connectivity index (χ4n) is 1.98. The van der Waals surface area contributed by atoms with Crippen molar-refractivity contribution >= 4 is 16.7 Å². The molecule has 17 heavy (non-hydrogen) atoms. The molecular weight excluding hydrogens is 208 g/mol. The van der Waals surface area contributed by atoms with E-state index in [1.54, 1.807) is 0 Å². The molecule has 1 aliphatic carbocycles. The minimum atomic E-state index is 0.878. The number of hydrogen-bond acceptors (Lipinski definition) is 2. The van der Waals surface area contributed by atoms with E-state index in [9.17, 15) is 0 Å². The first-order valence-corrected chi connectivity index (χ1v) is 6.29. The Bertz CT molecular complexity index is 529. The van der Waals surface area contributed by atoms with Gasteiger partial charge in [-0.05, 0) is 48.9 Å². The molecule has 1 saturated carbocycles. The largest absolute Gasteiger partial charge is 0.370 e. The molecule has 2 aromatic rings. The Morgan fingerprint density at radius 1 is 1.29 bits per heavy atom. The Morgan fingerprint density at radius 2 is 2.12 bits per heavy atom. The van der Waals surface area contributed by atoms with Gasteiger partial charge in [0.2, 0.25) is 0 Å². The van der Waals surface area contributed by atoms with Gasteiger partial charge in [-0.15, -0.1) is 0 Å². The summed E-state index contributed by atoms with van der Waals surface area (Å²) in [6.07, 6.45) is 4.84. The minimum absolute atomic E-state index is 0.878. The molecule has 1 aromatic heterocycles. The summed E-state index contributed by atoms with van der Waals surface area (Å²) in [7, 11) is 0. The average molecular weight is 225 g/mol. The van der Waals surface area contributed by atoms with Crippen LogP contribution in [0.5, 0.6) is 0 Å². The summed E-state index contributed by atoms with van der Waals surface area (Å²) in [6, 6.07) is 10.6. The van der Waals surface area contributed by atoms with Crippen LogP contribution in [-0.2, 0) is 0 Å². The molecule has 1 N–H and O–H groups in total. The fourth-order valence-corrected chi connectivity index (χ4v) is 1.98. The van der Waals surface area contributed by atoms with E-state index < -0.39 is 0 Å². The second-order valence-corrected chi connectivity index (χ2v) is 4.76. The van der Waals surface area contributed by atoms with Gasteiger partial charge in [0, 0.05) is 11.9 Å². The van der Waals surface area contributed by atoms with Crippen LogP contribution in [0.15, 0.2) is 30.3 Å². The van der Waals surface area contributed by atoms with Crippen LogP contribution in [0.4, 0.5) is 5.82 Å². The molecule has 3 rings (SSSR count). The highest BCUT2D eigenvalue weighted by atomic mass is 15.0. The molecule has 87 valence electrons. The first-order chi connectivity index (χ1) is 8.35. The maximum Gasteiger partial charge on any atom is 0.126 e. The van der Waals surface area contributed by atoms with Crippen molar-refractivity contribution in [2.75, 3.05) is 11.9 Å². The summed E-state index contributed by atoms with van der Waals surface area (Å²) in [5.41, 5.74) is 2.30. The lowest BCUT2D eigenvalue weighted by Gasteiger charge is -2.06. The van der Waals surface area contributed by atoms with Gasteiger partial charge in [0.25, 0.3) is 0 Å². The van der Waals surface area contributed by atoms with Crippen LogP contribution in [0.2, 0.25) is 0 Å². The molecule has 2 nitrogen and oxygen atoms in total. The summed E-state index contributed by atoms with van der Waals surface area (Å²) in [4.78, 5) is 4.65. The fraction of sp³-hybridized carbons (Fsp3) is 0.333. The second kappa shape index (κ2) is 4.36. The molecule has 0 spiro atoms. The van der Waals surface area contributed by atoms with Gasteiger partial charge in [-0.25, -0.2) is 4.98 Å². The van der Waals surface area contributed by atoms with Crippen molar-refractivity contribution in [3.05, 3.63) is 42.3 Å². The van der Waals surface area contributed by atoms with Crippen molar-refractivity contribution in [3.8, 4) is 0 Å². The molecular formula is C15H17N2. The number of nitrogens with zero attached hydrogens (tertiary/aromatic N) is 1. The molecule has 0 aliphatic heterocycles. The summed E-state index contributed by atoms with van der Waals surface area (Å²) in [5.74, 6) is 1.88. The molecule has 0 atom stereocenters. The molecule has 2 heteroatoms. The Labute approximate surface area is 102 Å².